The Labute approximate surface area is 131 Å². The van der Waals surface area contributed by atoms with E-state index in [2.05, 4.69) is 21.4 Å². The average molecular weight is 314 g/mol. The molecule has 22 heavy (non-hydrogen) atoms. The summed E-state index contributed by atoms with van der Waals surface area (Å²) in [5.74, 6) is -0.252. The highest BCUT2D eigenvalue weighted by Crippen LogP contribution is 2.19. The van der Waals surface area contributed by atoms with Crippen molar-refractivity contribution in [2.24, 2.45) is 16.5 Å². The van der Waals surface area contributed by atoms with Crippen molar-refractivity contribution in [2.75, 3.05) is 5.32 Å². The first-order valence-electron chi connectivity index (χ1n) is 6.36. The van der Waals surface area contributed by atoms with Crippen LogP contribution in [0.1, 0.15) is 11.3 Å². The van der Waals surface area contributed by atoms with Crippen LogP contribution in [-0.4, -0.2) is 16.9 Å². The van der Waals surface area contributed by atoms with Crippen LogP contribution in [0.15, 0.2) is 34.6 Å². The van der Waals surface area contributed by atoms with Gasteiger partial charge in [-0.3, -0.25) is 4.79 Å². The van der Waals surface area contributed by atoms with Gasteiger partial charge in [0.05, 0.1) is 24.6 Å². The number of rotatable bonds is 5. The van der Waals surface area contributed by atoms with Gasteiger partial charge in [0, 0.05) is 11.1 Å². The lowest BCUT2D eigenvalue weighted by Crippen LogP contribution is -2.21. The number of nitriles is 1. The van der Waals surface area contributed by atoms with Crippen LogP contribution in [-0.2, 0) is 17.6 Å². The van der Waals surface area contributed by atoms with Crippen LogP contribution in [0.25, 0.3) is 0 Å². The molecule has 112 valence electrons. The molecule has 0 atom stereocenters. The zero-order chi connectivity index (χ0) is 15.9. The van der Waals surface area contributed by atoms with E-state index in [1.54, 1.807) is 29.6 Å². The maximum Gasteiger partial charge on any atom is 0.230 e. The number of guanidine groups is 1. The van der Waals surface area contributed by atoms with Crippen molar-refractivity contribution in [1.82, 2.24) is 4.98 Å². The molecule has 0 bridgehead atoms. The highest BCUT2D eigenvalue weighted by Gasteiger charge is 2.08. The third-order valence-electron chi connectivity index (χ3n) is 2.63. The Balaban J connectivity index is 1.94. The first-order valence-corrected chi connectivity index (χ1v) is 7.24. The van der Waals surface area contributed by atoms with Crippen LogP contribution in [0.2, 0.25) is 0 Å². The molecule has 5 N–H and O–H groups in total. The molecule has 1 amide bonds. The van der Waals surface area contributed by atoms with Gasteiger partial charge < -0.3 is 16.8 Å². The van der Waals surface area contributed by atoms with Crippen molar-refractivity contribution in [3.05, 3.63) is 40.9 Å². The van der Waals surface area contributed by atoms with Gasteiger partial charge in [0.25, 0.3) is 0 Å². The lowest BCUT2D eigenvalue weighted by molar-refractivity contribution is -0.115. The largest absolute Gasteiger partial charge is 0.370 e. The van der Waals surface area contributed by atoms with Crippen molar-refractivity contribution in [2.45, 2.75) is 12.8 Å². The molecule has 0 unspecified atom stereocenters. The predicted octanol–water partition coefficient (Wildman–Crippen LogP) is 1.30. The molecule has 0 aliphatic rings. The summed E-state index contributed by atoms with van der Waals surface area (Å²) >= 11 is 1.26. The fourth-order valence-electron chi connectivity index (χ4n) is 1.71. The van der Waals surface area contributed by atoms with Crippen LogP contribution in [0.3, 0.4) is 0 Å². The van der Waals surface area contributed by atoms with Gasteiger partial charge in [0.2, 0.25) is 11.0 Å². The van der Waals surface area contributed by atoms with Crippen LogP contribution < -0.4 is 16.8 Å². The summed E-state index contributed by atoms with van der Waals surface area (Å²) in [4.78, 5) is 19.9. The van der Waals surface area contributed by atoms with Crippen molar-refractivity contribution in [1.29, 1.82) is 5.26 Å². The molecule has 0 aliphatic carbocycles. The molecule has 0 saturated carbocycles. The molecule has 0 fully saturated rings. The Morgan fingerprint density at radius 1 is 1.36 bits per heavy atom. The Kier molecular flexibility index (Phi) is 5.06. The number of aliphatic imine (C=N–C) groups is 1. The normalized spacial score (nSPS) is 9.77. The van der Waals surface area contributed by atoms with Crippen LogP contribution in [0.5, 0.6) is 0 Å². The molecule has 0 aliphatic heterocycles. The lowest BCUT2D eigenvalue weighted by Gasteiger charge is -2.04. The van der Waals surface area contributed by atoms with Crippen LogP contribution in [0, 0.1) is 11.3 Å². The van der Waals surface area contributed by atoms with Crippen molar-refractivity contribution >= 4 is 34.0 Å². The first kappa shape index (κ1) is 15.5. The van der Waals surface area contributed by atoms with E-state index >= 15 is 0 Å². The van der Waals surface area contributed by atoms with Gasteiger partial charge in [-0.25, -0.2) is 4.98 Å². The van der Waals surface area contributed by atoms with Gasteiger partial charge in [-0.15, -0.1) is 11.3 Å². The number of thiazole rings is 1. The maximum atomic E-state index is 11.9. The predicted molar refractivity (Wildman–Crippen MR) is 85.7 cm³/mol. The molecule has 0 radical (unpaired) electrons. The minimum Gasteiger partial charge on any atom is -0.370 e. The van der Waals surface area contributed by atoms with Crippen LogP contribution in [0.4, 0.5) is 10.8 Å². The van der Waals surface area contributed by atoms with Gasteiger partial charge in [0.1, 0.15) is 0 Å². The highest BCUT2D eigenvalue weighted by atomic mass is 32.1. The molecule has 1 aromatic carbocycles. The van der Waals surface area contributed by atoms with Crippen molar-refractivity contribution in [3.63, 3.8) is 0 Å². The average Bonchev–Trinajstić information content (AvgIpc) is 2.87. The van der Waals surface area contributed by atoms with E-state index in [1.807, 2.05) is 0 Å². The highest BCUT2D eigenvalue weighted by molar-refractivity contribution is 7.13. The monoisotopic (exact) mass is 314 g/mol. The van der Waals surface area contributed by atoms with E-state index < -0.39 is 0 Å². The molecule has 1 aromatic heterocycles. The number of nitrogens with one attached hydrogen (secondary N) is 1. The van der Waals surface area contributed by atoms with E-state index in [4.69, 9.17) is 16.7 Å². The number of carbonyl (C=O) groups excluding carboxylic acids is 1. The first-order chi connectivity index (χ1) is 10.6. The van der Waals surface area contributed by atoms with Crippen LogP contribution >= 0.6 is 11.3 Å². The topological polar surface area (TPSA) is 130 Å². The smallest absolute Gasteiger partial charge is 0.230 e. The van der Waals surface area contributed by atoms with E-state index in [0.29, 0.717) is 22.9 Å². The summed E-state index contributed by atoms with van der Waals surface area (Å²) in [7, 11) is 0. The number of nitrogens with zero attached hydrogens (tertiary/aromatic N) is 3. The summed E-state index contributed by atoms with van der Waals surface area (Å²) < 4.78 is 0. The number of hydrogen-bond acceptors (Lipinski definition) is 5. The zero-order valence-corrected chi connectivity index (χ0v) is 12.4. The molecule has 7 nitrogen and oxygen atoms in total. The van der Waals surface area contributed by atoms with Crippen molar-refractivity contribution < 1.29 is 4.79 Å². The number of carbonyl (C=O) groups is 1. The third-order valence-corrected chi connectivity index (χ3v) is 3.41. The molecular weight excluding hydrogens is 300 g/mol. The van der Waals surface area contributed by atoms with E-state index in [0.717, 1.165) is 5.56 Å². The summed E-state index contributed by atoms with van der Waals surface area (Å²) in [5, 5.41) is 13.5. The second kappa shape index (κ2) is 7.19. The molecular formula is C14H14N6OS. The molecule has 0 spiro atoms. The Morgan fingerprint density at radius 2 is 2.09 bits per heavy atom. The van der Waals surface area contributed by atoms with Gasteiger partial charge >= 0.3 is 0 Å². The Hall–Kier alpha value is -2.92. The van der Waals surface area contributed by atoms with Gasteiger partial charge in [-0.2, -0.15) is 10.3 Å². The minimum atomic E-state index is -0.186. The number of amides is 1. The Morgan fingerprint density at radius 3 is 2.73 bits per heavy atom. The summed E-state index contributed by atoms with van der Waals surface area (Å²) in [5.41, 5.74) is 12.7. The van der Waals surface area contributed by atoms with E-state index in [-0.39, 0.29) is 18.3 Å². The number of benzene rings is 1. The SMILES string of the molecule is N#CCc1ccc(NC(=O)Cc2csc(N=C(N)N)n2)cc1. The molecule has 2 aromatic rings. The summed E-state index contributed by atoms with van der Waals surface area (Å²) in [6, 6.07) is 9.20. The van der Waals surface area contributed by atoms with E-state index in [9.17, 15) is 4.79 Å². The number of hydrogen-bond donors (Lipinski definition) is 3. The van der Waals surface area contributed by atoms with E-state index in [1.165, 1.54) is 11.3 Å². The lowest BCUT2D eigenvalue weighted by atomic mass is 10.1. The Bertz CT molecular complexity index is 725. The summed E-state index contributed by atoms with van der Waals surface area (Å²) in [6.45, 7) is 0. The fourth-order valence-corrected chi connectivity index (χ4v) is 2.41. The second-order valence-electron chi connectivity index (χ2n) is 4.41. The number of aromatic nitrogens is 1. The number of nitrogens with two attached hydrogens (primary N) is 2. The maximum absolute atomic E-state index is 11.9. The molecule has 1 heterocycles. The fraction of sp³-hybridized carbons (Fsp3) is 0.143. The molecule has 2 rings (SSSR count). The second-order valence-corrected chi connectivity index (χ2v) is 5.25. The quantitative estimate of drug-likeness (QED) is 0.565. The number of anilines is 1. The minimum absolute atomic E-state index is 0.0668. The molecule has 8 heteroatoms. The zero-order valence-electron chi connectivity index (χ0n) is 11.6. The van der Waals surface area contributed by atoms with Gasteiger partial charge in [-0.05, 0) is 17.7 Å². The van der Waals surface area contributed by atoms with Gasteiger partial charge in [0.15, 0.2) is 5.96 Å². The third kappa shape index (κ3) is 4.57. The standard InChI is InChI=1S/C14H14N6OS/c15-6-5-9-1-3-10(4-2-9)18-12(21)7-11-8-22-14(19-11)20-13(16)17/h1-4,8H,5,7H2,(H,18,21)(H4,16,17,19,20). The van der Waals surface area contributed by atoms with Crippen molar-refractivity contribution in [3.8, 4) is 6.07 Å². The summed E-state index contributed by atoms with van der Waals surface area (Å²) in [6.07, 6.45) is 0.483. The molecule has 0 saturated heterocycles. The van der Waals surface area contributed by atoms with Gasteiger partial charge in [-0.1, -0.05) is 12.1 Å².